The van der Waals surface area contributed by atoms with Gasteiger partial charge in [0.1, 0.15) is 12.7 Å². The second kappa shape index (κ2) is 6.27. The molecule has 0 spiro atoms. The van der Waals surface area contributed by atoms with E-state index >= 15 is 0 Å². The number of nitrogens with zero attached hydrogens (tertiary/aromatic N) is 3. The second-order valence-corrected chi connectivity index (χ2v) is 3.84. The summed E-state index contributed by atoms with van der Waals surface area (Å²) < 4.78 is 23.4. The zero-order valence-corrected chi connectivity index (χ0v) is 11.6. The van der Waals surface area contributed by atoms with E-state index in [1.807, 2.05) is 0 Å². The average Bonchev–Trinajstić information content (AvgIpc) is 2.71. The standard InChI is InChI=1S/C9H9N3O2S.Na/c13-15(14)9-4-2-1-3-8(9)5-12-7-10-6-11-12;/h1-4,6-7H,5H2,(H,13,14);/q;+1/p-1. The van der Waals surface area contributed by atoms with Gasteiger partial charge in [-0.15, -0.1) is 0 Å². The normalized spacial score (nSPS) is 11.8. The first kappa shape index (κ1) is 13.5. The van der Waals surface area contributed by atoms with Crippen molar-refractivity contribution in [2.24, 2.45) is 0 Å². The van der Waals surface area contributed by atoms with Gasteiger partial charge in [-0.3, -0.25) is 4.21 Å². The zero-order valence-electron chi connectivity index (χ0n) is 8.74. The molecule has 0 aliphatic rings. The van der Waals surface area contributed by atoms with Crippen LogP contribution < -0.4 is 29.6 Å². The van der Waals surface area contributed by atoms with Gasteiger partial charge in [0.05, 0.1) is 6.54 Å². The Morgan fingerprint density at radius 2 is 2.12 bits per heavy atom. The Labute approximate surface area is 117 Å². The molecule has 1 unspecified atom stereocenters. The van der Waals surface area contributed by atoms with E-state index in [1.54, 1.807) is 35.3 Å². The van der Waals surface area contributed by atoms with Crippen molar-refractivity contribution in [3.63, 3.8) is 0 Å². The first-order valence-corrected chi connectivity index (χ1v) is 5.34. The predicted molar refractivity (Wildman–Crippen MR) is 52.8 cm³/mol. The van der Waals surface area contributed by atoms with E-state index in [4.69, 9.17) is 0 Å². The van der Waals surface area contributed by atoms with Gasteiger partial charge in [0.2, 0.25) is 0 Å². The smallest absolute Gasteiger partial charge is 0.768 e. The molecule has 0 aliphatic heterocycles. The van der Waals surface area contributed by atoms with E-state index in [2.05, 4.69) is 10.1 Å². The molecule has 16 heavy (non-hydrogen) atoms. The molecular weight excluding hydrogens is 237 g/mol. The van der Waals surface area contributed by atoms with Gasteiger partial charge in [-0.2, -0.15) is 5.10 Å². The van der Waals surface area contributed by atoms with E-state index in [0.29, 0.717) is 17.0 Å². The molecule has 0 saturated carbocycles. The number of benzene rings is 1. The van der Waals surface area contributed by atoms with Crippen molar-refractivity contribution in [3.8, 4) is 0 Å². The Morgan fingerprint density at radius 3 is 2.75 bits per heavy atom. The maximum absolute atomic E-state index is 10.9. The molecule has 0 amide bonds. The molecular formula is C9H8N3NaO2S. The van der Waals surface area contributed by atoms with Gasteiger partial charge >= 0.3 is 29.6 Å². The second-order valence-electron chi connectivity index (χ2n) is 2.94. The summed E-state index contributed by atoms with van der Waals surface area (Å²) in [6.45, 7) is 0.407. The SMILES string of the molecule is O=S([O-])c1ccccc1Cn1cncn1.[Na+]. The maximum Gasteiger partial charge on any atom is 1.00 e. The minimum Gasteiger partial charge on any atom is -0.768 e. The molecule has 0 N–H and O–H groups in total. The fourth-order valence-corrected chi connectivity index (χ4v) is 1.82. The van der Waals surface area contributed by atoms with Crippen molar-refractivity contribution in [1.29, 1.82) is 0 Å². The molecule has 2 rings (SSSR count). The number of aromatic nitrogens is 3. The minimum atomic E-state index is -2.21. The molecule has 1 aromatic carbocycles. The fourth-order valence-electron chi connectivity index (χ4n) is 1.29. The van der Waals surface area contributed by atoms with Crippen molar-refractivity contribution in [2.45, 2.75) is 11.4 Å². The van der Waals surface area contributed by atoms with Crippen molar-refractivity contribution in [2.75, 3.05) is 0 Å². The van der Waals surface area contributed by atoms with Crippen LogP contribution in [-0.4, -0.2) is 23.5 Å². The van der Waals surface area contributed by atoms with Crippen LogP contribution in [0.15, 0.2) is 41.8 Å². The molecule has 1 heterocycles. The fraction of sp³-hybridized carbons (Fsp3) is 0.111. The Morgan fingerprint density at radius 1 is 1.38 bits per heavy atom. The van der Waals surface area contributed by atoms with Gasteiger partial charge in [0.25, 0.3) is 0 Å². The monoisotopic (exact) mass is 245 g/mol. The van der Waals surface area contributed by atoms with Gasteiger partial charge in [-0.25, -0.2) is 9.67 Å². The minimum absolute atomic E-state index is 0. The first-order valence-electron chi connectivity index (χ1n) is 4.27. The van der Waals surface area contributed by atoms with Crippen LogP contribution in [0.25, 0.3) is 0 Å². The topological polar surface area (TPSA) is 70.8 Å². The molecule has 0 bridgehead atoms. The third kappa shape index (κ3) is 3.23. The summed E-state index contributed by atoms with van der Waals surface area (Å²) in [5, 5.41) is 3.92. The Hall–Kier alpha value is -0.530. The number of hydrogen-bond donors (Lipinski definition) is 0. The molecule has 0 saturated heterocycles. The molecule has 1 atom stereocenters. The van der Waals surface area contributed by atoms with Crippen molar-refractivity contribution < 1.29 is 38.3 Å². The molecule has 1 aromatic heterocycles. The zero-order chi connectivity index (χ0) is 10.7. The Kier molecular flexibility index (Phi) is 5.30. The molecule has 0 aliphatic carbocycles. The molecule has 2 aromatic rings. The molecule has 0 radical (unpaired) electrons. The van der Waals surface area contributed by atoms with Crippen LogP contribution in [0.1, 0.15) is 5.56 Å². The summed E-state index contributed by atoms with van der Waals surface area (Å²) in [6.07, 6.45) is 2.96. The maximum atomic E-state index is 10.9. The Balaban J connectivity index is 0.00000128. The van der Waals surface area contributed by atoms with E-state index in [1.165, 1.54) is 6.33 Å². The third-order valence-electron chi connectivity index (χ3n) is 1.95. The van der Waals surface area contributed by atoms with Crippen LogP contribution in [-0.2, 0) is 17.6 Å². The number of hydrogen-bond acceptors (Lipinski definition) is 4. The van der Waals surface area contributed by atoms with Crippen molar-refractivity contribution in [1.82, 2.24) is 14.8 Å². The largest absolute Gasteiger partial charge is 1.00 e. The van der Waals surface area contributed by atoms with Gasteiger partial charge in [-0.1, -0.05) is 18.2 Å². The Bertz CT molecular complexity index is 475. The number of rotatable bonds is 3. The van der Waals surface area contributed by atoms with E-state index in [9.17, 15) is 8.76 Å². The molecule has 5 nitrogen and oxygen atoms in total. The van der Waals surface area contributed by atoms with Crippen LogP contribution in [0.4, 0.5) is 0 Å². The van der Waals surface area contributed by atoms with Crippen LogP contribution in [0.3, 0.4) is 0 Å². The summed E-state index contributed by atoms with van der Waals surface area (Å²) in [6, 6.07) is 6.81. The molecule has 78 valence electrons. The average molecular weight is 245 g/mol. The van der Waals surface area contributed by atoms with Crippen molar-refractivity contribution >= 4 is 11.1 Å². The van der Waals surface area contributed by atoms with Gasteiger partial charge in [0, 0.05) is 4.90 Å². The quantitative estimate of drug-likeness (QED) is 0.445. The van der Waals surface area contributed by atoms with E-state index in [0.717, 1.165) is 0 Å². The van der Waals surface area contributed by atoms with Crippen LogP contribution in [0, 0.1) is 0 Å². The van der Waals surface area contributed by atoms with Crippen LogP contribution in [0.2, 0.25) is 0 Å². The predicted octanol–water partition coefficient (Wildman–Crippen LogP) is -2.43. The van der Waals surface area contributed by atoms with Crippen LogP contribution in [0.5, 0.6) is 0 Å². The van der Waals surface area contributed by atoms with E-state index < -0.39 is 11.1 Å². The molecule has 7 heteroatoms. The summed E-state index contributed by atoms with van der Waals surface area (Å²) >= 11 is -2.21. The summed E-state index contributed by atoms with van der Waals surface area (Å²) in [5.74, 6) is 0. The summed E-state index contributed by atoms with van der Waals surface area (Å²) in [7, 11) is 0. The first-order chi connectivity index (χ1) is 7.27. The van der Waals surface area contributed by atoms with Crippen molar-refractivity contribution in [3.05, 3.63) is 42.5 Å². The summed E-state index contributed by atoms with van der Waals surface area (Å²) in [5.41, 5.74) is 0.705. The summed E-state index contributed by atoms with van der Waals surface area (Å²) in [4.78, 5) is 4.09. The van der Waals surface area contributed by atoms with Gasteiger partial charge in [-0.05, 0) is 22.7 Å². The van der Waals surface area contributed by atoms with Gasteiger partial charge in [0.15, 0.2) is 0 Å². The molecule has 0 fully saturated rings. The van der Waals surface area contributed by atoms with E-state index in [-0.39, 0.29) is 29.6 Å². The van der Waals surface area contributed by atoms with Gasteiger partial charge < -0.3 is 4.55 Å². The third-order valence-corrected chi connectivity index (χ3v) is 2.71. The van der Waals surface area contributed by atoms with Crippen LogP contribution >= 0.6 is 0 Å².